The summed E-state index contributed by atoms with van der Waals surface area (Å²) in [6.07, 6.45) is 4.58. The molecule has 0 bridgehead atoms. The number of aryl methyl sites for hydroxylation is 1. The second-order valence-electron chi connectivity index (χ2n) is 2.89. The van der Waals surface area contributed by atoms with Crippen molar-refractivity contribution in [2.24, 2.45) is 0 Å². The average molecular weight is 161 g/mol. The quantitative estimate of drug-likeness (QED) is 0.662. The lowest BCUT2D eigenvalue weighted by Crippen LogP contribution is -1.87. The minimum absolute atomic E-state index is 0.409. The van der Waals surface area contributed by atoms with Crippen LogP contribution >= 0.6 is 0 Å². The van der Waals surface area contributed by atoms with E-state index in [0.29, 0.717) is 6.42 Å². The molecule has 0 heterocycles. The molecule has 1 heteroatoms. The molecule has 0 aliphatic carbocycles. The van der Waals surface area contributed by atoms with Crippen LogP contribution in [-0.2, 0) is 17.6 Å². The summed E-state index contributed by atoms with van der Waals surface area (Å²) >= 11 is 0. The van der Waals surface area contributed by atoms with Crippen LogP contribution in [-0.4, -0.2) is 6.29 Å². The summed E-state index contributed by atoms with van der Waals surface area (Å²) in [6, 6.07) is 8.15. The van der Waals surface area contributed by atoms with Crippen LogP contribution in [0.3, 0.4) is 0 Å². The highest BCUT2D eigenvalue weighted by molar-refractivity contribution is 5.55. The van der Waals surface area contributed by atoms with Crippen molar-refractivity contribution in [3.05, 3.63) is 35.4 Å². The Balaban J connectivity index is 2.64. The predicted molar refractivity (Wildman–Crippen MR) is 49.8 cm³/mol. The van der Waals surface area contributed by atoms with Gasteiger partial charge < -0.3 is 0 Å². The molecule has 0 spiro atoms. The Bertz CT molecular complexity index is 236. The van der Waals surface area contributed by atoms with E-state index in [0.717, 1.165) is 12.0 Å². The Morgan fingerprint density at radius 3 is 2.25 bits per heavy atom. The summed E-state index contributed by atoms with van der Waals surface area (Å²) in [6.45, 7) is 2.16. The fourth-order valence-electron chi connectivity index (χ4n) is 1.20. The lowest BCUT2D eigenvalue weighted by molar-refractivity contribution is 0.555. The van der Waals surface area contributed by atoms with Gasteiger partial charge in [0.15, 0.2) is 0 Å². The SMILES string of the molecule is CCCc1ccc(C[C]=O)cc1. The summed E-state index contributed by atoms with van der Waals surface area (Å²) < 4.78 is 0. The van der Waals surface area contributed by atoms with E-state index in [2.05, 4.69) is 19.1 Å². The first-order valence-corrected chi connectivity index (χ1v) is 4.29. The van der Waals surface area contributed by atoms with Gasteiger partial charge in [-0.25, -0.2) is 0 Å². The molecule has 1 aromatic carbocycles. The molecule has 1 aromatic rings. The highest BCUT2D eigenvalue weighted by Gasteiger charge is 1.92. The van der Waals surface area contributed by atoms with Crippen LogP contribution in [0.15, 0.2) is 24.3 Å². The van der Waals surface area contributed by atoms with Crippen LogP contribution in [0.5, 0.6) is 0 Å². The van der Waals surface area contributed by atoms with E-state index in [4.69, 9.17) is 0 Å². The van der Waals surface area contributed by atoms with Crippen molar-refractivity contribution < 1.29 is 4.79 Å². The zero-order valence-corrected chi connectivity index (χ0v) is 7.34. The van der Waals surface area contributed by atoms with Crippen LogP contribution in [0.1, 0.15) is 24.5 Å². The van der Waals surface area contributed by atoms with Crippen molar-refractivity contribution in [3.63, 3.8) is 0 Å². The molecule has 1 radical (unpaired) electrons. The number of carbonyl (C=O) groups excluding carboxylic acids is 1. The molecule has 0 unspecified atom stereocenters. The van der Waals surface area contributed by atoms with Gasteiger partial charge in [0.05, 0.1) is 0 Å². The van der Waals surface area contributed by atoms with E-state index in [1.807, 2.05) is 18.4 Å². The van der Waals surface area contributed by atoms with Crippen molar-refractivity contribution in [1.29, 1.82) is 0 Å². The topological polar surface area (TPSA) is 17.1 Å². The minimum Gasteiger partial charge on any atom is -0.291 e. The van der Waals surface area contributed by atoms with E-state index < -0.39 is 0 Å². The Morgan fingerprint density at radius 1 is 1.17 bits per heavy atom. The van der Waals surface area contributed by atoms with Crippen molar-refractivity contribution in [2.45, 2.75) is 26.2 Å². The van der Waals surface area contributed by atoms with Gasteiger partial charge in [-0.15, -0.1) is 0 Å². The summed E-state index contributed by atoms with van der Waals surface area (Å²) in [5.74, 6) is 0. The minimum atomic E-state index is 0.409. The van der Waals surface area contributed by atoms with Gasteiger partial charge in [-0.2, -0.15) is 0 Å². The summed E-state index contributed by atoms with van der Waals surface area (Å²) in [5, 5.41) is 0. The second-order valence-corrected chi connectivity index (χ2v) is 2.89. The fraction of sp³-hybridized carbons (Fsp3) is 0.364. The molecule has 0 saturated carbocycles. The second kappa shape index (κ2) is 4.70. The predicted octanol–water partition coefficient (Wildman–Crippen LogP) is 2.29. The zero-order valence-electron chi connectivity index (χ0n) is 7.34. The fourth-order valence-corrected chi connectivity index (χ4v) is 1.20. The molecule has 0 aliphatic heterocycles. The lowest BCUT2D eigenvalue weighted by Gasteiger charge is -1.98. The van der Waals surface area contributed by atoms with Gasteiger partial charge in [0.25, 0.3) is 0 Å². The largest absolute Gasteiger partial charge is 0.291 e. The molecule has 0 atom stereocenters. The van der Waals surface area contributed by atoms with E-state index in [-0.39, 0.29) is 0 Å². The third-order valence-electron chi connectivity index (χ3n) is 1.84. The molecule has 0 aliphatic rings. The molecule has 63 valence electrons. The van der Waals surface area contributed by atoms with E-state index in [1.54, 1.807) is 0 Å². The van der Waals surface area contributed by atoms with Gasteiger partial charge in [0, 0.05) is 6.42 Å². The van der Waals surface area contributed by atoms with Gasteiger partial charge in [0.2, 0.25) is 6.29 Å². The van der Waals surface area contributed by atoms with E-state index >= 15 is 0 Å². The third kappa shape index (κ3) is 2.50. The molecule has 0 fully saturated rings. The van der Waals surface area contributed by atoms with Crippen LogP contribution in [0, 0.1) is 0 Å². The molecular weight excluding hydrogens is 148 g/mol. The third-order valence-corrected chi connectivity index (χ3v) is 1.84. The summed E-state index contributed by atoms with van der Waals surface area (Å²) in [4.78, 5) is 10.1. The highest BCUT2D eigenvalue weighted by Crippen LogP contribution is 2.06. The number of rotatable bonds is 4. The first kappa shape index (κ1) is 8.98. The molecule has 0 aromatic heterocycles. The van der Waals surface area contributed by atoms with Gasteiger partial charge in [0.1, 0.15) is 0 Å². The van der Waals surface area contributed by atoms with Crippen molar-refractivity contribution in [3.8, 4) is 0 Å². The molecule has 0 N–H and O–H groups in total. The van der Waals surface area contributed by atoms with Gasteiger partial charge in [-0.3, -0.25) is 4.79 Å². The van der Waals surface area contributed by atoms with Crippen LogP contribution in [0.25, 0.3) is 0 Å². The Morgan fingerprint density at radius 2 is 1.75 bits per heavy atom. The smallest absolute Gasteiger partial charge is 0.203 e. The first-order chi connectivity index (χ1) is 5.86. The van der Waals surface area contributed by atoms with Crippen molar-refractivity contribution >= 4 is 6.29 Å². The van der Waals surface area contributed by atoms with Gasteiger partial charge in [-0.05, 0) is 17.5 Å². The van der Waals surface area contributed by atoms with E-state index in [9.17, 15) is 4.79 Å². The maximum absolute atomic E-state index is 10.1. The molecule has 1 rings (SSSR count). The summed E-state index contributed by atoms with van der Waals surface area (Å²) in [7, 11) is 0. The normalized spacial score (nSPS) is 9.75. The molecule has 1 nitrogen and oxygen atoms in total. The number of hydrogen-bond acceptors (Lipinski definition) is 1. The molecular formula is C11H13O. The zero-order chi connectivity index (χ0) is 8.81. The summed E-state index contributed by atoms with van der Waals surface area (Å²) in [5.41, 5.74) is 2.39. The standard InChI is InChI=1S/C11H13O/c1-2-3-10-4-6-11(7-5-10)8-9-12/h4-7H,2-3,8H2,1H3. The van der Waals surface area contributed by atoms with Crippen molar-refractivity contribution in [2.75, 3.05) is 0 Å². The number of benzene rings is 1. The molecule has 0 saturated heterocycles. The first-order valence-electron chi connectivity index (χ1n) is 4.29. The molecule has 12 heavy (non-hydrogen) atoms. The van der Waals surface area contributed by atoms with Crippen LogP contribution in [0.4, 0.5) is 0 Å². The Kier molecular flexibility index (Phi) is 3.52. The highest BCUT2D eigenvalue weighted by atomic mass is 16.1. The maximum Gasteiger partial charge on any atom is 0.203 e. The van der Waals surface area contributed by atoms with Crippen molar-refractivity contribution in [1.82, 2.24) is 0 Å². The maximum atomic E-state index is 10.1. The monoisotopic (exact) mass is 161 g/mol. The number of hydrogen-bond donors (Lipinski definition) is 0. The Labute approximate surface area is 73.4 Å². The van der Waals surface area contributed by atoms with E-state index in [1.165, 1.54) is 12.0 Å². The Hall–Kier alpha value is -1.11. The molecule has 0 amide bonds. The van der Waals surface area contributed by atoms with Crippen LogP contribution < -0.4 is 0 Å². The van der Waals surface area contributed by atoms with Gasteiger partial charge in [-0.1, -0.05) is 37.6 Å². The van der Waals surface area contributed by atoms with Gasteiger partial charge >= 0.3 is 0 Å². The van der Waals surface area contributed by atoms with Crippen LogP contribution in [0.2, 0.25) is 0 Å². The average Bonchev–Trinajstić information content (AvgIpc) is 2.09. The lowest BCUT2D eigenvalue weighted by atomic mass is 10.1.